The maximum Gasteiger partial charge on any atom is 2.00 e. The number of hydrogen-bond acceptors (Lipinski definition) is 1. The van der Waals surface area contributed by atoms with Gasteiger partial charge in [0.05, 0.1) is 0 Å². The van der Waals surface area contributed by atoms with Gasteiger partial charge in [0, 0.05) is 0 Å². The topological polar surface area (TPSA) is 12.9 Å². The third kappa shape index (κ3) is 3.97. The fourth-order valence-corrected chi connectivity index (χ4v) is 0.617. The minimum Gasteiger partial charge on any atom is -1.00 e. The third-order valence-electron chi connectivity index (χ3n) is 0.961. The van der Waals surface area contributed by atoms with Crippen LogP contribution in [0.2, 0.25) is 0 Å². The summed E-state index contributed by atoms with van der Waals surface area (Å²) in [6.45, 7) is 3.91. The van der Waals surface area contributed by atoms with Crippen LogP contribution in [0.25, 0.3) is 0 Å². The molecule has 10 heavy (non-hydrogen) atoms. The molecule has 0 aromatic carbocycles. The molecule has 0 fully saturated rings. The summed E-state index contributed by atoms with van der Waals surface area (Å²) in [6, 6.07) is 6.79. The van der Waals surface area contributed by atoms with Gasteiger partial charge in [0.15, 0.2) is 0 Å². The first-order valence-corrected chi connectivity index (χ1v) is 2.61. The molecule has 0 radical (unpaired) electrons. The first-order chi connectivity index (χ1) is 3.79. The first kappa shape index (κ1) is 12.7. The van der Waals surface area contributed by atoms with Gasteiger partial charge in [0.2, 0.25) is 0 Å². The number of aromatic nitrogens is 1. The maximum absolute atomic E-state index is 4.12. The van der Waals surface area contributed by atoms with Crippen LogP contribution in [0.1, 0.15) is 11.4 Å². The molecule has 1 aromatic rings. The van der Waals surface area contributed by atoms with E-state index >= 15 is 0 Å². The maximum atomic E-state index is 4.12. The van der Waals surface area contributed by atoms with Crippen molar-refractivity contribution < 1.29 is 31.9 Å². The van der Waals surface area contributed by atoms with Gasteiger partial charge in [0.25, 0.3) is 0 Å². The summed E-state index contributed by atoms with van der Waals surface area (Å²) in [5.41, 5.74) is 2.02. The van der Waals surface area contributed by atoms with Crippen molar-refractivity contribution in [2.24, 2.45) is 0 Å². The van der Waals surface area contributed by atoms with Gasteiger partial charge in [-0.1, -0.05) is 5.69 Å². The Bertz CT molecular complexity index is 173. The minimum atomic E-state index is 0. The fourth-order valence-electron chi connectivity index (χ4n) is 0.617. The minimum absolute atomic E-state index is 0. The summed E-state index contributed by atoms with van der Waals surface area (Å²) in [6.07, 6.45) is 0. The zero-order valence-electron chi connectivity index (χ0n) is 6.19. The molecule has 0 aliphatic carbocycles. The Kier molecular flexibility index (Phi) is 7.40. The molecule has 1 heterocycles. The number of halogens is 1. The smallest absolute Gasteiger partial charge is 1.00 e. The Morgan fingerprint density at radius 3 is 2.30 bits per heavy atom. The number of pyridine rings is 1. The van der Waals surface area contributed by atoms with Crippen molar-refractivity contribution in [2.75, 3.05) is 0 Å². The van der Waals surface area contributed by atoms with Crippen LogP contribution in [0.15, 0.2) is 12.1 Å². The standard InChI is InChI=1S/C7H8N.ClH.Zn/c1-6-4-3-5-7(2)8-6;;/h3-4H,1-2H3;1H;/q-1;;+2/p-1. The van der Waals surface area contributed by atoms with Gasteiger partial charge < -0.3 is 12.4 Å². The van der Waals surface area contributed by atoms with Crippen LogP contribution in [0.3, 0.4) is 0 Å². The van der Waals surface area contributed by atoms with Gasteiger partial charge in [-0.3, -0.25) is 4.98 Å². The molecule has 3 heteroatoms. The van der Waals surface area contributed by atoms with E-state index in [-0.39, 0.29) is 31.9 Å². The van der Waals surface area contributed by atoms with Crippen LogP contribution in [0, 0.1) is 19.9 Å². The fraction of sp³-hybridized carbons (Fsp3) is 0.286. The molecule has 0 amide bonds. The summed E-state index contributed by atoms with van der Waals surface area (Å²) in [5, 5.41) is 0. The molecule has 1 nitrogen and oxygen atoms in total. The molecule has 0 spiro atoms. The number of aryl methyl sites for hydroxylation is 2. The summed E-state index contributed by atoms with van der Waals surface area (Å²) < 4.78 is 0. The van der Waals surface area contributed by atoms with Crippen LogP contribution in [0.4, 0.5) is 0 Å². The third-order valence-corrected chi connectivity index (χ3v) is 0.961. The van der Waals surface area contributed by atoms with Crippen LogP contribution in [-0.4, -0.2) is 4.98 Å². The number of rotatable bonds is 0. The summed E-state index contributed by atoms with van der Waals surface area (Å²) in [5.74, 6) is 0. The second-order valence-corrected chi connectivity index (χ2v) is 1.82. The molecule has 0 aliphatic heterocycles. The van der Waals surface area contributed by atoms with Gasteiger partial charge in [-0.25, -0.2) is 12.1 Å². The average Bonchev–Trinajstić information content (AvgIpc) is 1.64. The largest absolute Gasteiger partial charge is 2.00 e. The van der Waals surface area contributed by atoms with Crippen molar-refractivity contribution in [3.8, 4) is 0 Å². The first-order valence-electron chi connectivity index (χ1n) is 2.61. The molecular weight excluding hydrogens is 199 g/mol. The SMILES string of the molecule is Cc1[c-]ccc(C)n1.[Cl-].[Zn+2]. The molecule has 0 aliphatic rings. The number of hydrogen-bond donors (Lipinski definition) is 0. The van der Waals surface area contributed by atoms with E-state index in [1.54, 1.807) is 0 Å². The molecule has 0 saturated carbocycles. The van der Waals surface area contributed by atoms with Gasteiger partial charge >= 0.3 is 19.5 Å². The predicted molar refractivity (Wildman–Crippen MR) is 32.5 cm³/mol. The molecule has 1 aromatic heterocycles. The summed E-state index contributed by atoms with van der Waals surface area (Å²) in [7, 11) is 0. The average molecular weight is 207 g/mol. The Morgan fingerprint density at radius 2 is 2.00 bits per heavy atom. The van der Waals surface area contributed by atoms with Crippen molar-refractivity contribution in [3.63, 3.8) is 0 Å². The van der Waals surface area contributed by atoms with E-state index in [0.717, 1.165) is 11.4 Å². The van der Waals surface area contributed by atoms with E-state index < -0.39 is 0 Å². The van der Waals surface area contributed by atoms with Gasteiger partial charge in [0.1, 0.15) is 0 Å². The van der Waals surface area contributed by atoms with Crippen molar-refractivity contribution in [2.45, 2.75) is 13.8 Å². The molecule has 0 saturated heterocycles. The quantitative estimate of drug-likeness (QED) is 0.372. The van der Waals surface area contributed by atoms with E-state index in [9.17, 15) is 0 Å². The Balaban J connectivity index is 0. The predicted octanol–water partition coefficient (Wildman–Crippen LogP) is -1.50. The van der Waals surface area contributed by atoms with Gasteiger partial charge in [-0.05, 0) is 19.5 Å². The van der Waals surface area contributed by atoms with Crippen molar-refractivity contribution >= 4 is 0 Å². The zero-order valence-corrected chi connectivity index (χ0v) is 9.91. The van der Waals surface area contributed by atoms with Crippen molar-refractivity contribution in [1.82, 2.24) is 4.98 Å². The molecule has 0 atom stereocenters. The van der Waals surface area contributed by atoms with Crippen LogP contribution in [-0.2, 0) is 19.5 Å². The number of nitrogens with zero attached hydrogens (tertiary/aromatic N) is 1. The normalized spacial score (nSPS) is 7.40. The summed E-state index contributed by atoms with van der Waals surface area (Å²) >= 11 is 0. The van der Waals surface area contributed by atoms with Gasteiger partial charge in [-0.2, -0.15) is 6.07 Å². The zero-order chi connectivity index (χ0) is 5.98. The molecule has 50 valence electrons. The van der Waals surface area contributed by atoms with Gasteiger partial charge in [-0.15, -0.1) is 0 Å². The Labute approximate surface area is 80.4 Å². The summed E-state index contributed by atoms with van der Waals surface area (Å²) in [4.78, 5) is 4.12. The second-order valence-electron chi connectivity index (χ2n) is 1.82. The van der Waals surface area contributed by atoms with E-state index in [2.05, 4.69) is 11.1 Å². The van der Waals surface area contributed by atoms with Crippen molar-refractivity contribution in [1.29, 1.82) is 0 Å². The van der Waals surface area contributed by atoms with E-state index in [4.69, 9.17) is 0 Å². The second kappa shape index (κ2) is 5.82. The van der Waals surface area contributed by atoms with E-state index in [0.29, 0.717) is 0 Å². The van der Waals surface area contributed by atoms with Crippen LogP contribution < -0.4 is 12.4 Å². The van der Waals surface area contributed by atoms with Crippen LogP contribution >= 0.6 is 0 Å². The van der Waals surface area contributed by atoms with Crippen LogP contribution in [0.5, 0.6) is 0 Å². The molecule has 0 N–H and O–H groups in total. The molecule has 1 rings (SSSR count). The Morgan fingerprint density at radius 1 is 1.40 bits per heavy atom. The van der Waals surface area contributed by atoms with Crippen molar-refractivity contribution in [3.05, 3.63) is 29.6 Å². The molecule has 0 unspecified atom stereocenters. The van der Waals surface area contributed by atoms with E-state index in [1.807, 2.05) is 26.0 Å². The Hall–Kier alpha value is 0.0634. The molecular formula is C7H8ClNZn. The van der Waals surface area contributed by atoms with E-state index in [1.165, 1.54) is 0 Å². The molecule has 0 bridgehead atoms. The monoisotopic (exact) mass is 205 g/mol.